The number of methoxy groups -OCH3 is 1. The molecule has 0 unspecified atom stereocenters. The maximum atomic E-state index is 11.5. The van der Waals surface area contributed by atoms with E-state index >= 15 is 0 Å². The predicted molar refractivity (Wildman–Crippen MR) is 92.6 cm³/mol. The first-order chi connectivity index (χ1) is 10.9. The van der Waals surface area contributed by atoms with Crippen molar-refractivity contribution in [3.8, 4) is 5.75 Å². The molecule has 0 aliphatic rings. The number of halogens is 3. The summed E-state index contributed by atoms with van der Waals surface area (Å²) in [6, 6.07) is 15.5. The molecular weight excluding hydrogens is 361 g/mol. The predicted octanol–water partition coefficient (Wildman–Crippen LogP) is 4.66. The van der Waals surface area contributed by atoms with Crippen LogP contribution < -0.4 is 9.64 Å². The number of alkyl halides is 3. The van der Waals surface area contributed by atoms with Crippen LogP contribution in [0.3, 0.4) is 0 Å². The zero-order valence-corrected chi connectivity index (χ0v) is 14.4. The third kappa shape index (κ3) is 3.83. The van der Waals surface area contributed by atoms with Crippen LogP contribution in [-0.2, 0) is 4.79 Å². The van der Waals surface area contributed by atoms with Gasteiger partial charge in [0, 0.05) is 5.69 Å². The third-order valence-corrected chi connectivity index (χ3v) is 4.35. The fraction of sp³-hybridized carbons (Fsp3) is 0.188. The molecule has 0 amide bonds. The second-order valence-electron chi connectivity index (χ2n) is 4.66. The molecule has 23 heavy (non-hydrogen) atoms. The lowest BCUT2D eigenvalue weighted by Gasteiger charge is -2.36. The van der Waals surface area contributed by atoms with Crippen molar-refractivity contribution in [3.63, 3.8) is 0 Å². The van der Waals surface area contributed by atoms with Crippen molar-refractivity contribution in [2.24, 2.45) is 0 Å². The number of nitrogens with zero attached hydrogens (tertiary/aromatic N) is 1. The highest BCUT2D eigenvalue weighted by atomic mass is 35.5. The highest BCUT2D eigenvalue weighted by Crippen LogP contribution is 2.41. The number of anilines is 1. The van der Waals surface area contributed by atoms with E-state index in [4.69, 9.17) is 39.5 Å². The van der Waals surface area contributed by atoms with Gasteiger partial charge in [-0.05, 0) is 29.8 Å². The van der Waals surface area contributed by atoms with E-state index in [0.717, 1.165) is 0 Å². The summed E-state index contributed by atoms with van der Waals surface area (Å²) < 4.78 is 2.87. The number of hydrogen-bond acceptors (Lipinski definition) is 3. The first-order valence-electron chi connectivity index (χ1n) is 6.61. The largest absolute Gasteiger partial charge is 0.497 e. The number of ether oxygens (including phenoxy) is 1. The molecule has 0 aliphatic carbocycles. The zero-order chi connectivity index (χ0) is 17.0. The van der Waals surface area contributed by atoms with Gasteiger partial charge in [0.1, 0.15) is 11.3 Å². The first kappa shape index (κ1) is 17.7. The Bertz CT molecular complexity index is 662. The van der Waals surface area contributed by atoms with E-state index < -0.39 is 15.9 Å². The van der Waals surface area contributed by atoms with E-state index in [1.165, 1.54) is 4.90 Å². The number of rotatable bonds is 6. The topological polar surface area (TPSA) is 49.8 Å². The van der Waals surface area contributed by atoms with Crippen LogP contribution in [0.4, 0.5) is 5.69 Å². The fourth-order valence-electron chi connectivity index (χ4n) is 2.04. The van der Waals surface area contributed by atoms with Crippen molar-refractivity contribution < 1.29 is 14.6 Å². The quantitative estimate of drug-likeness (QED) is 0.590. The molecule has 0 aliphatic heterocycles. The van der Waals surface area contributed by atoms with Crippen molar-refractivity contribution in [2.45, 2.75) is 9.96 Å². The Kier molecular flexibility index (Phi) is 5.63. The minimum Gasteiger partial charge on any atom is -0.497 e. The van der Waals surface area contributed by atoms with Gasteiger partial charge in [-0.15, -0.1) is 0 Å². The summed E-state index contributed by atoms with van der Waals surface area (Å²) in [6.45, 7) is 0. The minimum absolute atomic E-state index is 0.482. The van der Waals surface area contributed by atoms with Gasteiger partial charge in [0.05, 0.1) is 7.11 Å². The van der Waals surface area contributed by atoms with Crippen LogP contribution in [-0.4, -0.2) is 22.6 Å². The van der Waals surface area contributed by atoms with Gasteiger partial charge in [-0.3, -0.25) is 0 Å². The van der Waals surface area contributed by atoms with Crippen LogP contribution in [0.15, 0.2) is 54.6 Å². The van der Waals surface area contributed by atoms with Crippen LogP contribution in [0.25, 0.3) is 0 Å². The maximum Gasteiger partial charge on any atom is 0.361 e. The van der Waals surface area contributed by atoms with Crippen molar-refractivity contribution in [1.29, 1.82) is 0 Å². The molecule has 0 bridgehead atoms. The lowest BCUT2D eigenvalue weighted by molar-refractivity contribution is -0.137. The number of carboxylic acids is 1. The standard InChI is InChI=1S/C16H14Cl3NO3/c1-23-13-9-7-11(8-10-13)14(17)20(16(18,19)15(21)22)12-5-3-2-4-6-12/h2-10,14H,1H3,(H,21,22)/t14-/m0/s1. The molecule has 0 aromatic heterocycles. The van der Waals surface area contributed by atoms with Gasteiger partial charge in [0.2, 0.25) is 0 Å². The van der Waals surface area contributed by atoms with E-state index in [-0.39, 0.29) is 0 Å². The maximum absolute atomic E-state index is 11.5. The fourth-order valence-corrected chi connectivity index (χ4v) is 2.93. The molecule has 2 aromatic rings. The highest BCUT2D eigenvalue weighted by Gasteiger charge is 2.44. The number of carbonyl (C=O) groups is 1. The van der Waals surface area contributed by atoms with Crippen LogP contribution in [0.2, 0.25) is 0 Å². The van der Waals surface area contributed by atoms with Crippen molar-refractivity contribution in [1.82, 2.24) is 0 Å². The molecule has 2 rings (SSSR count). The number of hydrogen-bond donors (Lipinski definition) is 1. The second kappa shape index (κ2) is 7.30. The minimum atomic E-state index is -2.23. The van der Waals surface area contributed by atoms with Crippen LogP contribution >= 0.6 is 34.8 Å². The Morgan fingerprint density at radius 1 is 1.13 bits per heavy atom. The average molecular weight is 375 g/mol. The Balaban J connectivity index is 2.46. The average Bonchev–Trinajstić information content (AvgIpc) is 2.55. The van der Waals surface area contributed by atoms with E-state index in [2.05, 4.69) is 0 Å². The Morgan fingerprint density at radius 3 is 2.17 bits per heavy atom. The molecule has 0 spiro atoms. The molecule has 0 saturated carbocycles. The molecule has 1 N–H and O–H groups in total. The van der Waals surface area contributed by atoms with Gasteiger partial charge < -0.3 is 14.7 Å². The first-order valence-corrected chi connectivity index (χ1v) is 7.80. The lowest BCUT2D eigenvalue weighted by Crippen LogP contribution is -2.47. The summed E-state index contributed by atoms with van der Waals surface area (Å²) in [7, 11) is 1.55. The van der Waals surface area contributed by atoms with Gasteiger partial charge in [0.25, 0.3) is 4.46 Å². The summed E-state index contributed by atoms with van der Waals surface area (Å²) in [5, 5.41) is 9.37. The number of para-hydroxylation sites is 1. The number of benzene rings is 2. The molecule has 0 fully saturated rings. The summed E-state index contributed by atoms with van der Waals surface area (Å²) >= 11 is 18.6. The van der Waals surface area contributed by atoms with Gasteiger partial charge >= 0.3 is 5.97 Å². The molecule has 1 atom stereocenters. The molecule has 0 heterocycles. The normalized spacial score (nSPS) is 12.5. The summed E-state index contributed by atoms with van der Waals surface area (Å²) in [4.78, 5) is 12.7. The van der Waals surface area contributed by atoms with Crippen LogP contribution in [0.5, 0.6) is 5.75 Å². The van der Waals surface area contributed by atoms with E-state index in [1.54, 1.807) is 61.7 Å². The number of aliphatic carboxylic acids is 1. The van der Waals surface area contributed by atoms with E-state index in [9.17, 15) is 9.90 Å². The van der Waals surface area contributed by atoms with Gasteiger partial charge in [-0.1, -0.05) is 65.1 Å². The summed E-state index contributed by atoms with van der Waals surface area (Å²) in [6.07, 6.45) is 0. The Morgan fingerprint density at radius 2 is 1.70 bits per heavy atom. The molecule has 122 valence electrons. The van der Waals surface area contributed by atoms with Gasteiger partial charge in [-0.2, -0.15) is 0 Å². The van der Waals surface area contributed by atoms with Crippen LogP contribution in [0.1, 0.15) is 11.1 Å². The zero-order valence-electron chi connectivity index (χ0n) is 12.1. The van der Waals surface area contributed by atoms with Gasteiger partial charge in [-0.25, -0.2) is 4.79 Å². The molecule has 0 saturated heterocycles. The van der Waals surface area contributed by atoms with E-state index in [0.29, 0.717) is 17.0 Å². The Hall–Kier alpha value is -1.62. The molecular formula is C16H14Cl3NO3. The van der Waals surface area contributed by atoms with Crippen LogP contribution in [0, 0.1) is 0 Å². The van der Waals surface area contributed by atoms with Crippen molar-refractivity contribution in [2.75, 3.05) is 12.0 Å². The molecule has 0 radical (unpaired) electrons. The summed E-state index contributed by atoms with van der Waals surface area (Å²) in [5.74, 6) is -0.756. The second-order valence-corrected chi connectivity index (χ2v) is 6.36. The highest BCUT2D eigenvalue weighted by molar-refractivity contribution is 6.59. The van der Waals surface area contributed by atoms with Crippen molar-refractivity contribution in [3.05, 3.63) is 60.2 Å². The Labute approximate surface area is 149 Å². The van der Waals surface area contributed by atoms with Crippen molar-refractivity contribution >= 4 is 46.5 Å². The smallest absolute Gasteiger partial charge is 0.361 e. The third-order valence-electron chi connectivity index (χ3n) is 3.21. The molecule has 2 aromatic carbocycles. The monoisotopic (exact) mass is 373 g/mol. The molecule has 7 heteroatoms. The lowest BCUT2D eigenvalue weighted by atomic mass is 10.1. The molecule has 4 nitrogen and oxygen atoms in total. The summed E-state index contributed by atoms with van der Waals surface area (Å²) in [5.41, 5.74) is 0.216. The van der Waals surface area contributed by atoms with Gasteiger partial charge in [0.15, 0.2) is 0 Å². The van der Waals surface area contributed by atoms with E-state index in [1.807, 2.05) is 0 Å². The SMILES string of the molecule is COc1ccc([C@@H](Cl)N(c2ccccc2)C(Cl)(Cl)C(=O)O)cc1. The number of carboxylic acid groups (broad SMARTS) is 1.